The number of anilines is 1. The van der Waals surface area contributed by atoms with E-state index in [0.717, 1.165) is 18.4 Å². The predicted molar refractivity (Wildman–Crippen MR) is 63.4 cm³/mol. The molecule has 4 nitrogen and oxygen atoms in total. The Morgan fingerprint density at radius 2 is 2.12 bits per heavy atom. The van der Waals surface area contributed by atoms with Gasteiger partial charge in [-0.2, -0.15) is 0 Å². The van der Waals surface area contributed by atoms with E-state index in [2.05, 4.69) is 6.92 Å². The molecule has 0 aliphatic rings. The van der Waals surface area contributed by atoms with Crippen molar-refractivity contribution in [2.75, 3.05) is 18.9 Å². The number of rotatable bonds is 6. The SMILES string of the molecule is CCCc1cc(N)cc(OCC(O)CO)c1. The summed E-state index contributed by atoms with van der Waals surface area (Å²) >= 11 is 0. The fourth-order valence-corrected chi connectivity index (χ4v) is 1.45. The number of aliphatic hydroxyl groups is 2. The molecule has 1 rings (SSSR count). The number of nitrogen functional groups attached to an aromatic ring is 1. The molecule has 0 saturated carbocycles. The second-order valence-electron chi connectivity index (χ2n) is 3.81. The van der Waals surface area contributed by atoms with E-state index in [0.29, 0.717) is 11.4 Å². The summed E-state index contributed by atoms with van der Waals surface area (Å²) < 4.78 is 5.34. The van der Waals surface area contributed by atoms with E-state index in [1.807, 2.05) is 12.1 Å². The van der Waals surface area contributed by atoms with E-state index in [1.165, 1.54) is 0 Å². The number of aryl methyl sites for hydroxylation is 1. The van der Waals surface area contributed by atoms with E-state index in [1.54, 1.807) is 6.07 Å². The molecule has 1 unspecified atom stereocenters. The number of benzene rings is 1. The van der Waals surface area contributed by atoms with Gasteiger partial charge in [0.15, 0.2) is 0 Å². The Morgan fingerprint density at radius 1 is 1.38 bits per heavy atom. The summed E-state index contributed by atoms with van der Waals surface area (Å²) in [5.41, 5.74) is 7.51. The Bertz CT molecular complexity index is 328. The zero-order chi connectivity index (χ0) is 12.0. The lowest BCUT2D eigenvalue weighted by Gasteiger charge is -2.11. The van der Waals surface area contributed by atoms with E-state index in [4.69, 9.17) is 20.7 Å². The fraction of sp³-hybridized carbons (Fsp3) is 0.500. The minimum Gasteiger partial charge on any atom is -0.491 e. The molecule has 0 bridgehead atoms. The molecule has 1 aromatic carbocycles. The van der Waals surface area contributed by atoms with Gasteiger partial charge in [-0.1, -0.05) is 13.3 Å². The van der Waals surface area contributed by atoms with Gasteiger partial charge < -0.3 is 20.7 Å². The number of hydrogen-bond donors (Lipinski definition) is 3. The van der Waals surface area contributed by atoms with Gasteiger partial charge in [0.1, 0.15) is 18.5 Å². The van der Waals surface area contributed by atoms with E-state index in [9.17, 15) is 0 Å². The molecule has 1 atom stereocenters. The molecule has 4 N–H and O–H groups in total. The second-order valence-corrected chi connectivity index (χ2v) is 3.81. The normalized spacial score (nSPS) is 12.4. The molecule has 0 aliphatic carbocycles. The third kappa shape index (κ3) is 4.08. The number of ether oxygens (including phenoxy) is 1. The zero-order valence-corrected chi connectivity index (χ0v) is 9.52. The largest absolute Gasteiger partial charge is 0.491 e. The molecule has 90 valence electrons. The lowest BCUT2D eigenvalue weighted by Crippen LogP contribution is -2.21. The van der Waals surface area contributed by atoms with Crippen LogP contribution in [0.5, 0.6) is 5.75 Å². The van der Waals surface area contributed by atoms with Gasteiger partial charge in [0, 0.05) is 11.8 Å². The van der Waals surface area contributed by atoms with Crippen molar-refractivity contribution >= 4 is 5.69 Å². The van der Waals surface area contributed by atoms with Crippen LogP contribution in [0.15, 0.2) is 18.2 Å². The Kier molecular flexibility index (Phi) is 5.08. The minimum absolute atomic E-state index is 0.0749. The van der Waals surface area contributed by atoms with Crippen LogP contribution in [-0.2, 0) is 6.42 Å². The first kappa shape index (κ1) is 12.8. The minimum atomic E-state index is -0.851. The van der Waals surface area contributed by atoms with Crippen LogP contribution in [0.2, 0.25) is 0 Å². The molecule has 0 aromatic heterocycles. The van der Waals surface area contributed by atoms with Crippen LogP contribution >= 0.6 is 0 Å². The summed E-state index contributed by atoms with van der Waals surface area (Å²) in [6.07, 6.45) is 1.14. The van der Waals surface area contributed by atoms with Crippen LogP contribution in [0.25, 0.3) is 0 Å². The van der Waals surface area contributed by atoms with Crippen LogP contribution in [0.3, 0.4) is 0 Å². The maximum atomic E-state index is 9.15. The van der Waals surface area contributed by atoms with Gasteiger partial charge in [0.2, 0.25) is 0 Å². The third-order valence-corrected chi connectivity index (χ3v) is 2.18. The highest BCUT2D eigenvalue weighted by Crippen LogP contribution is 2.20. The van der Waals surface area contributed by atoms with Gasteiger partial charge in [0.25, 0.3) is 0 Å². The van der Waals surface area contributed by atoms with E-state index in [-0.39, 0.29) is 13.2 Å². The van der Waals surface area contributed by atoms with Gasteiger partial charge in [-0.15, -0.1) is 0 Å². The van der Waals surface area contributed by atoms with Crippen molar-refractivity contribution in [3.63, 3.8) is 0 Å². The van der Waals surface area contributed by atoms with Gasteiger partial charge >= 0.3 is 0 Å². The first-order valence-corrected chi connectivity index (χ1v) is 5.47. The maximum absolute atomic E-state index is 9.15. The molecule has 0 aliphatic heterocycles. The average molecular weight is 225 g/mol. The molecule has 0 fully saturated rings. The number of hydrogen-bond acceptors (Lipinski definition) is 4. The molecule has 4 heteroatoms. The van der Waals surface area contributed by atoms with Crippen molar-refractivity contribution in [1.29, 1.82) is 0 Å². The zero-order valence-electron chi connectivity index (χ0n) is 9.52. The first-order chi connectivity index (χ1) is 7.65. The highest BCUT2D eigenvalue weighted by atomic mass is 16.5. The van der Waals surface area contributed by atoms with Gasteiger partial charge in [0.05, 0.1) is 6.61 Å². The molecule has 0 heterocycles. The molecule has 0 saturated heterocycles. The summed E-state index contributed by atoms with van der Waals surface area (Å²) in [7, 11) is 0. The topological polar surface area (TPSA) is 75.7 Å². The van der Waals surface area contributed by atoms with Crippen LogP contribution in [-0.4, -0.2) is 29.5 Å². The highest BCUT2D eigenvalue weighted by Gasteiger charge is 2.04. The smallest absolute Gasteiger partial charge is 0.121 e. The third-order valence-electron chi connectivity index (χ3n) is 2.18. The molecule has 0 spiro atoms. The van der Waals surface area contributed by atoms with E-state index < -0.39 is 6.10 Å². The van der Waals surface area contributed by atoms with Crippen molar-refractivity contribution in [2.24, 2.45) is 0 Å². The van der Waals surface area contributed by atoms with Crippen molar-refractivity contribution in [2.45, 2.75) is 25.9 Å². The Hall–Kier alpha value is -1.26. The number of nitrogens with two attached hydrogens (primary N) is 1. The average Bonchev–Trinajstić information content (AvgIpc) is 2.25. The Labute approximate surface area is 95.7 Å². The van der Waals surface area contributed by atoms with Crippen molar-refractivity contribution in [3.8, 4) is 5.75 Å². The number of aliphatic hydroxyl groups excluding tert-OH is 2. The summed E-state index contributed by atoms with van der Waals surface area (Å²) in [4.78, 5) is 0. The molecule has 0 amide bonds. The molecule has 16 heavy (non-hydrogen) atoms. The van der Waals surface area contributed by atoms with Crippen molar-refractivity contribution < 1.29 is 14.9 Å². The monoisotopic (exact) mass is 225 g/mol. The summed E-state index contributed by atoms with van der Waals surface area (Å²) in [5.74, 6) is 0.635. The van der Waals surface area contributed by atoms with Crippen LogP contribution in [0.1, 0.15) is 18.9 Å². The fourth-order valence-electron chi connectivity index (χ4n) is 1.45. The molecular formula is C12H19NO3. The van der Waals surface area contributed by atoms with Crippen molar-refractivity contribution in [1.82, 2.24) is 0 Å². The Morgan fingerprint density at radius 3 is 2.75 bits per heavy atom. The van der Waals surface area contributed by atoms with Gasteiger partial charge in [-0.25, -0.2) is 0 Å². The summed E-state index contributed by atoms with van der Waals surface area (Å²) in [6.45, 7) is 1.87. The predicted octanol–water partition coefficient (Wildman–Crippen LogP) is 0.953. The second kappa shape index (κ2) is 6.35. The molecule has 1 aromatic rings. The van der Waals surface area contributed by atoms with Crippen LogP contribution < -0.4 is 10.5 Å². The van der Waals surface area contributed by atoms with E-state index >= 15 is 0 Å². The van der Waals surface area contributed by atoms with Crippen LogP contribution in [0.4, 0.5) is 5.69 Å². The molecule has 0 radical (unpaired) electrons. The summed E-state index contributed by atoms with van der Waals surface area (Å²) in [6, 6.07) is 5.53. The lowest BCUT2D eigenvalue weighted by atomic mass is 10.1. The first-order valence-electron chi connectivity index (χ1n) is 5.47. The quantitative estimate of drug-likeness (QED) is 0.630. The van der Waals surface area contributed by atoms with Crippen molar-refractivity contribution in [3.05, 3.63) is 23.8 Å². The molecular weight excluding hydrogens is 206 g/mol. The maximum Gasteiger partial charge on any atom is 0.121 e. The van der Waals surface area contributed by atoms with Crippen LogP contribution in [0, 0.1) is 0 Å². The van der Waals surface area contributed by atoms with Gasteiger partial charge in [-0.05, 0) is 24.1 Å². The lowest BCUT2D eigenvalue weighted by molar-refractivity contribution is 0.0536. The standard InChI is InChI=1S/C12H19NO3/c1-2-3-9-4-10(13)6-12(5-9)16-8-11(15)7-14/h4-6,11,14-15H,2-3,7-8,13H2,1H3. The highest BCUT2D eigenvalue weighted by molar-refractivity contribution is 5.47. The Balaban J connectivity index is 2.64. The van der Waals surface area contributed by atoms with Gasteiger partial charge in [-0.3, -0.25) is 0 Å². The summed E-state index contributed by atoms with van der Waals surface area (Å²) in [5, 5.41) is 17.8.